The van der Waals surface area contributed by atoms with Crippen LogP contribution in [0.15, 0.2) is 89.7 Å². The van der Waals surface area contributed by atoms with Crippen molar-refractivity contribution in [3.8, 4) is 11.5 Å². The Bertz CT molecular complexity index is 1170. The van der Waals surface area contributed by atoms with Gasteiger partial charge in [-0.3, -0.25) is 5.43 Å². The summed E-state index contributed by atoms with van der Waals surface area (Å²) in [6.45, 7) is 0. The minimum atomic E-state index is 0.526. The zero-order valence-electron chi connectivity index (χ0n) is 14.7. The number of anilines is 1. The minimum Gasteiger partial charge on any atom is -0.449 e. The quantitative estimate of drug-likeness (QED) is 0.370. The summed E-state index contributed by atoms with van der Waals surface area (Å²) in [5, 5.41) is 5.04. The maximum absolute atomic E-state index is 6.10. The molecule has 5 rings (SSSR count). The zero-order chi connectivity index (χ0) is 18.8. The van der Waals surface area contributed by atoms with Gasteiger partial charge in [0, 0.05) is 5.56 Å². The van der Waals surface area contributed by atoms with Crippen LogP contribution in [0.1, 0.15) is 5.56 Å². The van der Waals surface area contributed by atoms with Crippen LogP contribution in [-0.4, -0.2) is 11.2 Å². The summed E-state index contributed by atoms with van der Waals surface area (Å²) >= 11 is 1.55. The van der Waals surface area contributed by atoms with E-state index in [4.69, 9.17) is 9.47 Å². The van der Waals surface area contributed by atoms with Crippen LogP contribution in [0.2, 0.25) is 0 Å². The van der Waals surface area contributed by atoms with E-state index >= 15 is 0 Å². The highest BCUT2D eigenvalue weighted by atomic mass is 32.1. The monoisotopic (exact) mass is 385 g/mol. The van der Waals surface area contributed by atoms with Crippen molar-refractivity contribution in [2.45, 2.75) is 0 Å². The Balaban J connectivity index is 1.46. The predicted molar refractivity (Wildman–Crippen MR) is 113 cm³/mol. The smallest absolute Gasteiger partial charge is 0.204 e. The van der Waals surface area contributed by atoms with Gasteiger partial charge in [-0.15, -0.1) is 0 Å². The highest BCUT2D eigenvalue weighted by Crippen LogP contribution is 2.37. The number of fused-ring (bicyclic) bond motifs is 2. The third kappa shape index (κ3) is 3.21. The number of allylic oxidation sites excluding steroid dienone is 1. The van der Waals surface area contributed by atoms with E-state index in [-0.39, 0.29) is 0 Å². The summed E-state index contributed by atoms with van der Waals surface area (Å²) < 4.78 is 13.3. The van der Waals surface area contributed by atoms with Crippen molar-refractivity contribution < 1.29 is 9.47 Å². The third-order valence-corrected chi connectivity index (χ3v) is 5.12. The average Bonchev–Trinajstić information content (AvgIpc) is 3.17. The van der Waals surface area contributed by atoms with Crippen LogP contribution < -0.4 is 14.9 Å². The van der Waals surface area contributed by atoms with Gasteiger partial charge >= 0.3 is 0 Å². The fraction of sp³-hybridized carbons (Fsp3) is 0. The fourth-order valence-corrected chi connectivity index (χ4v) is 3.70. The molecule has 5 nitrogen and oxygen atoms in total. The molecule has 0 radical (unpaired) electrons. The summed E-state index contributed by atoms with van der Waals surface area (Å²) in [7, 11) is 0. The molecular formula is C22H15N3O2S. The number of thiazole rings is 1. The summed E-state index contributed by atoms with van der Waals surface area (Å²) in [4.78, 5) is 4.51. The van der Waals surface area contributed by atoms with E-state index in [1.54, 1.807) is 17.6 Å². The Morgan fingerprint density at radius 1 is 0.821 bits per heavy atom. The van der Waals surface area contributed by atoms with Crippen molar-refractivity contribution in [2.24, 2.45) is 5.10 Å². The lowest BCUT2D eigenvalue weighted by molar-refractivity contribution is 0.367. The second-order valence-corrected chi connectivity index (χ2v) is 7.10. The van der Waals surface area contributed by atoms with Gasteiger partial charge in [-0.2, -0.15) is 5.10 Å². The maximum atomic E-state index is 6.10. The van der Waals surface area contributed by atoms with E-state index in [1.165, 1.54) is 0 Å². The first kappa shape index (κ1) is 16.5. The first-order valence-electron chi connectivity index (χ1n) is 8.76. The van der Waals surface area contributed by atoms with Gasteiger partial charge in [0.1, 0.15) is 0 Å². The van der Waals surface area contributed by atoms with Crippen LogP contribution in [0.3, 0.4) is 0 Å². The molecule has 0 saturated carbocycles. The van der Waals surface area contributed by atoms with E-state index in [1.807, 2.05) is 78.9 Å². The fourth-order valence-electron chi connectivity index (χ4n) is 2.89. The van der Waals surface area contributed by atoms with E-state index in [0.29, 0.717) is 23.0 Å². The summed E-state index contributed by atoms with van der Waals surface area (Å²) in [5.41, 5.74) is 4.84. The van der Waals surface area contributed by atoms with Crippen molar-refractivity contribution in [1.82, 2.24) is 4.98 Å². The molecule has 0 amide bonds. The summed E-state index contributed by atoms with van der Waals surface area (Å²) in [5.74, 6) is 2.48. The Labute approximate surface area is 165 Å². The van der Waals surface area contributed by atoms with Crippen LogP contribution >= 0.6 is 11.3 Å². The molecule has 0 atom stereocenters. The van der Waals surface area contributed by atoms with Gasteiger partial charge in [0.15, 0.2) is 23.0 Å². The number of ether oxygens (including phenoxy) is 2. The second-order valence-electron chi connectivity index (χ2n) is 6.07. The molecule has 1 N–H and O–H groups in total. The molecule has 2 heterocycles. The van der Waals surface area contributed by atoms with Gasteiger partial charge in [-0.25, -0.2) is 4.98 Å². The Morgan fingerprint density at radius 2 is 1.54 bits per heavy atom. The van der Waals surface area contributed by atoms with Gasteiger partial charge in [0.05, 0.1) is 16.4 Å². The van der Waals surface area contributed by atoms with Crippen LogP contribution in [0, 0.1) is 0 Å². The summed E-state index contributed by atoms with van der Waals surface area (Å²) in [6.07, 6.45) is 1.62. The van der Waals surface area contributed by atoms with E-state index in [0.717, 1.165) is 20.9 Å². The number of hydrazone groups is 1. The molecule has 4 aromatic rings. The van der Waals surface area contributed by atoms with E-state index in [2.05, 4.69) is 15.5 Å². The molecule has 0 saturated heterocycles. The molecule has 136 valence electrons. The molecule has 1 aliphatic rings. The lowest BCUT2D eigenvalue weighted by Gasteiger charge is -2.21. The molecule has 0 unspecified atom stereocenters. The standard InChI is InChI=1S/C22H15N3O2S/c1-2-8-15(9-3-1)21-19(26-17-11-5-6-12-18(17)27-21)14-23-25-22-24-16-10-4-7-13-20(16)28-22/h1-14H,(H,24,25)/b23-14+. The molecule has 3 aromatic carbocycles. The number of nitrogens with zero attached hydrogens (tertiary/aromatic N) is 2. The maximum Gasteiger partial charge on any atom is 0.204 e. The molecule has 6 heteroatoms. The van der Waals surface area contributed by atoms with Crippen LogP contribution in [0.4, 0.5) is 5.13 Å². The van der Waals surface area contributed by atoms with Gasteiger partial charge in [0.25, 0.3) is 0 Å². The number of nitrogens with one attached hydrogen (secondary N) is 1. The number of aromatic nitrogens is 1. The molecule has 0 bridgehead atoms. The summed E-state index contributed by atoms with van der Waals surface area (Å²) in [6, 6.07) is 25.4. The highest BCUT2D eigenvalue weighted by molar-refractivity contribution is 7.22. The van der Waals surface area contributed by atoms with Crippen molar-refractivity contribution in [3.05, 3.63) is 90.2 Å². The van der Waals surface area contributed by atoms with Gasteiger partial charge in [-0.1, -0.05) is 65.9 Å². The molecule has 0 fully saturated rings. The molecule has 0 aliphatic carbocycles. The number of hydrogen-bond donors (Lipinski definition) is 1. The van der Waals surface area contributed by atoms with Crippen LogP contribution in [0.25, 0.3) is 16.0 Å². The predicted octanol–water partition coefficient (Wildman–Crippen LogP) is 5.53. The van der Waals surface area contributed by atoms with Crippen molar-refractivity contribution in [1.29, 1.82) is 0 Å². The molecular weight excluding hydrogens is 370 g/mol. The van der Waals surface area contributed by atoms with Gasteiger partial charge < -0.3 is 9.47 Å². The molecule has 28 heavy (non-hydrogen) atoms. The van der Waals surface area contributed by atoms with E-state index in [9.17, 15) is 0 Å². The topological polar surface area (TPSA) is 55.7 Å². The number of benzene rings is 3. The molecule has 0 spiro atoms. The number of rotatable bonds is 4. The lowest BCUT2D eigenvalue weighted by Crippen LogP contribution is -2.12. The average molecular weight is 385 g/mol. The highest BCUT2D eigenvalue weighted by Gasteiger charge is 2.21. The van der Waals surface area contributed by atoms with Crippen LogP contribution in [0.5, 0.6) is 11.5 Å². The molecule has 1 aliphatic heterocycles. The first-order chi connectivity index (χ1) is 13.9. The number of para-hydroxylation sites is 3. The van der Waals surface area contributed by atoms with Crippen molar-refractivity contribution >= 4 is 38.7 Å². The van der Waals surface area contributed by atoms with Crippen molar-refractivity contribution in [2.75, 3.05) is 5.43 Å². The first-order valence-corrected chi connectivity index (χ1v) is 9.57. The van der Waals surface area contributed by atoms with Crippen LogP contribution in [-0.2, 0) is 0 Å². The normalized spacial score (nSPS) is 13.3. The SMILES string of the molecule is C(=N\Nc1nc2ccccc2s1)/C1=C(c2ccccc2)Oc2ccccc2O1. The largest absolute Gasteiger partial charge is 0.449 e. The van der Waals surface area contributed by atoms with E-state index < -0.39 is 0 Å². The Kier molecular flexibility index (Phi) is 4.23. The van der Waals surface area contributed by atoms with Gasteiger partial charge in [0.2, 0.25) is 5.13 Å². The zero-order valence-corrected chi connectivity index (χ0v) is 15.5. The second kappa shape index (κ2) is 7.17. The Morgan fingerprint density at radius 3 is 2.36 bits per heavy atom. The van der Waals surface area contributed by atoms with Gasteiger partial charge in [-0.05, 0) is 24.3 Å². The minimum absolute atomic E-state index is 0.526. The lowest BCUT2D eigenvalue weighted by atomic mass is 10.1. The number of hydrogen-bond acceptors (Lipinski definition) is 6. The Hall–Kier alpha value is -3.64. The van der Waals surface area contributed by atoms with Crippen molar-refractivity contribution in [3.63, 3.8) is 0 Å². The third-order valence-electron chi connectivity index (χ3n) is 4.18. The molecule has 1 aromatic heterocycles.